The topological polar surface area (TPSA) is 70.4 Å². The van der Waals surface area contributed by atoms with Gasteiger partial charge in [-0.1, -0.05) is 0 Å². The van der Waals surface area contributed by atoms with E-state index in [1.54, 1.807) is 0 Å². The largest absolute Gasteiger partial charge is 0.361 e. The maximum atomic E-state index is 10.9. The smallest absolute Gasteiger partial charge is 0.156 e. The normalized spacial score (nSPS) is 24.4. The first-order chi connectivity index (χ1) is 6.51. The zero-order valence-electron chi connectivity index (χ0n) is 8.14. The zero-order chi connectivity index (χ0) is 10.6. The van der Waals surface area contributed by atoms with E-state index in [2.05, 4.69) is 0 Å². The lowest BCUT2D eigenvalue weighted by Gasteiger charge is -2.29. The van der Waals surface area contributed by atoms with E-state index < -0.39 is 15.9 Å². The van der Waals surface area contributed by atoms with Crippen LogP contribution < -0.4 is 0 Å². The van der Waals surface area contributed by atoms with Crippen molar-refractivity contribution in [3.63, 3.8) is 0 Å². The van der Waals surface area contributed by atoms with Crippen LogP contribution in [0, 0.1) is 11.3 Å². The summed E-state index contributed by atoms with van der Waals surface area (Å²) < 4.78 is 26.9. The fourth-order valence-electron chi connectivity index (χ4n) is 1.28. The average Bonchev–Trinajstić information content (AvgIpc) is 2.14. The summed E-state index contributed by atoms with van der Waals surface area (Å²) >= 11 is 0. The maximum Gasteiger partial charge on any atom is 0.156 e. The van der Waals surface area contributed by atoms with Gasteiger partial charge in [0.2, 0.25) is 0 Å². The van der Waals surface area contributed by atoms with Gasteiger partial charge in [0.15, 0.2) is 6.10 Å². The highest BCUT2D eigenvalue weighted by molar-refractivity contribution is 7.90. The molecule has 0 N–H and O–H groups in total. The van der Waals surface area contributed by atoms with Crippen molar-refractivity contribution in [1.29, 1.82) is 5.26 Å². The van der Waals surface area contributed by atoms with Crippen LogP contribution in [0.15, 0.2) is 0 Å². The molecule has 1 saturated heterocycles. The van der Waals surface area contributed by atoms with E-state index in [0.717, 1.165) is 0 Å². The van der Waals surface area contributed by atoms with Gasteiger partial charge in [0.25, 0.3) is 0 Å². The van der Waals surface area contributed by atoms with Gasteiger partial charge in [-0.3, -0.25) is 4.90 Å². The summed E-state index contributed by atoms with van der Waals surface area (Å²) in [7, 11) is -2.91. The summed E-state index contributed by atoms with van der Waals surface area (Å²) in [5.41, 5.74) is 0. The number of sulfone groups is 1. The Morgan fingerprint density at radius 3 is 2.93 bits per heavy atom. The Morgan fingerprint density at radius 1 is 1.64 bits per heavy atom. The van der Waals surface area contributed by atoms with Gasteiger partial charge >= 0.3 is 0 Å². The Hall–Kier alpha value is -0.640. The molecule has 0 saturated carbocycles. The number of hydrogen-bond donors (Lipinski definition) is 0. The Labute approximate surface area is 84.2 Å². The second-order valence-electron chi connectivity index (χ2n) is 3.42. The Bertz CT molecular complexity index is 320. The van der Waals surface area contributed by atoms with E-state index in [4.69, 9.17) is 10.00 Å². The second-order valence-corrected chi connectivity index (χ2v) is 5.68. The highest BCUT2D eigenvalue weighted by Gasteiger charge is 2.20. The molecule has 0 amide bonds. The molecule has 1 rings (SSSR count). The molecule has 1 fully saturated rings. The van der Waals surface area contributed by atoms with Crippen LogP contribution in [0.2, 0.25) is 0 Å². The number of morpholine rings is 1. The van der Waals surface area contributed by atoms with E-state index in [1.807, 2.05) is 11.0 Å². The van der Waals surface area contributed by atoms with E-state index in [1.165, 1.54) is 6.26 Å². The predicted molar refractivity (Wildman–Crippen MR) is 51.5 cm³/mol. The second kappa shape index (κ2) is 4.73. The van der Waals surface area contributed by atoms with E-state index in [0.29, 0.717) is 26.2 Å². The minimum absolute atomic E-state index is 0.144. The van der Waals surface area contributed by atoms with Crippen LogP contribution >= 0.6 is 0 Å². The maximum absolute atomic E-state index is 10.9. The molecule has 1 atom stereocenters. The van der Waals surface area contributed by atoms with E-state index in [9.17, 15) is 8.42 Å². The SMILES string of the molecule is CS(=O)(=O)CCN1CCOC(C#N)C1. The highest BCUT2D eigenvalue weighted by Crippen LogP contribution is 2.04. The highest BCUT2D eigenvalue weighted by atomic mass is 32.2. The summed E-state index contributed by atoms with van der Waals surface area (Å²) in [6.07, 6.45) is 0.804. The van der Waals surface area contributed by atoms with Crippen LogP contribution in [0.4, 0.5) is 0 Å². The third-order valence-electron chi connectivity index (χ3n) is 2.07. The van der Waals surface area contributed by atoms with Crippen LogP contribution in [0.5, 0.6) is 0 Å². The lowest BCUT2D eigenvalue weighted by Crippen LogP contribution is -2.43. The quantitative estimate of drug-likeness (QED) is 0.623. The van der Waals surface area contributed by atoms with Crippen molar-refractivity contribution in [3.8, 4) is 6.07 Å². The molecule has 0 aromatic rings. The molecular formula is C8H14N2O3S. The minimum Gasteiger partial charge on any atom is -0.361 e. The van der Waals surface area contributed by atoms with Crippen LogP contribution in [0.1, 0.15) is 0 Å². The summed E-state index contributed by atoms with van der Waals surface area (Å²) in [6, 6.07) is 2.02. The zero-order valence-corrected chi connectivity index (χ0v) is 8.96. The first-order valence-electron chi connectivity index (χ1n) is 4.42. The predicted octanol–water partition coefficient (Wildman–Crippen LogP) is -0.745. The molecule has 6 heteroatoms. The van der Waals surface area contributed by atoms with Crippen LogP contribution in [0.25, 0.3) is 0 Å². The lowest BCUT2D eigenvalue weighted by molar-refractivity contribution is 0.00298. The van der Waals surface area contributed by atoms with Crippen LogP contribution in [0.3, 0.4) is 0 Å². The molecular weight excluding hydrogens is 204 g/mol. The third-order valence-corrected chi connectivity index (χ3v) is 3.00. The molecule has 1 aliphatic rings. The number of nitriles is 1. The van der Waals surface area contributed by atoms with Crippen molar-refractivity contribution < 1.29 is 13.2 Å². The van der Waals surface area contributed by atoms with Crippen molar-refractivity contribution in [2.45, 2.75) is 6.10 Å². The molecule has 0 spiro atoms. The van der Waals surface area contributed by atoms with Crippen molar-refractivity contribution >= 4 is 9.84 Å². The standard InChI is InChI=1S/C8H14N2O3S/c1-14(11,12)5-3-10-2-4-13-8(6-9)7-10/h8H,2-5,7H2,1H3. The molecule has 0 aromatic heterocycles. The summed E-state index contributed by atoms with van der Waals surface area (Å²) in [5.74, 6) is 0.144. The number of ether oxygens (including phenoxy) is 1. The van der Waals surface area contributed by atoms with Gasteiger partial charge in [-0.15, -0.1) is 0 Å². The fraction of sp³-hybridized carbons (Fsp3) is 0.875. The summed E-state index contributed by atoms with van der Waals surface area (Å²) in [6.45, 7) is 2.20. The number of nitrogens with zero attached hydrogens (tertiary/aromatic N) is 2. The molecule has 0 radical (unpaired) electrons. The molecule has 0 aliphatic carbocycles. The fourth-order valence-corrected chi connectivity index (χ4v) is 1.87. The molecule has 14 heavy (non-hydrogen) atoms. The number of hydrogen-bond acceptors (Lipinski definition) is 5. The molecule has 0 aromatic carbocycles. The van der Waals surface area contributed by atoms with Crippen molar-refractivity contribution in [2.24, 2.45) is 0 Å². The van der Waals surface area contributed by atoms with Gasteiger partial charge in [-0.25, -0.2) is 8.42 Å². The van der Waals surface area contributed by atoms with Gasteiger partial charge in [0, 0.05) is 25.9 Å². The molecule has 1 heterocycles. The van der Waals surface area contributed by atoms with E-state index in [-0.39, 0.29) is 5.75 Å². The first kappa shape index (κ1) is 11.4. The average molecular weight is 218 g/mol. The van der Waals surface area contributed by atoms with Gasteiger partial charge in [-0.2, -0.15) is 5.26 Å². The summed E-state index contributed by atoms with van der Waals surface area (Å²) in [5, 5.41) is 8.62. The lowest BCUT2D eigenvalue weighted by atomic mass is 10.3. The molecule has 1 unspecified atom stereocenters. The monoisotopic (exact) mass is 218 g/mol. The van der Waals surface area contributed by atoms with Crippen molar-refractivity contribution in [2.75, 3.05) is 38.2 Å². The Morgan fingerprint density at radius 2 is 2.36 bits per heavy atom. The van der Waals surface area contributed by atoms with Gasteiger partial charge in [0.1, 0.15) is 9.84 Å². The molecule has 5 nitrogen and oxygen atoms in total. The Balaban J connectivity index is 2.35. The van der Waals surface area contributed by atoms with Crippen LogP contribution in [-0.2, 0) is 14.6 Å². The van der Waals surface area contributed by atoms with Gasteiger partial charge in [0.05, 0.1) is 18.4 Å². The van der Waals surface area contributed by atoms with Gasteiger partial charge in [-0.05, 0) is 0 Å². The van der Waals surface area contributed by atoms with Crippen LogP contribution in [-0.4, -0.2) is 57.7 Å². The molecule has 80 valence electrons. The third kappa shape index (κ3) is 4.05. The summed E-state index contributed by atoms with van der Waals surface area (Å²) in [4.78, 5) is 1.94. The van der Waals surface area contributed by atoms with Crippen molar-refractivity contribution in [3.05, 3.63) is 0 Å². The van der Waals surface area contributed by atoms with Gasteiger partial charge < -0.3 is 4.74 Å². The first-order valence-corrected chi connectivity index (χ1v) is 6.48. The minimum atomic E-state index is -2.91. The Kier molecular flexibility index (Phi) is 3.86. The number of rotatable bonds is 3. The molecule has 1 aliphatic heterocycles. The van der Waals surface area contributed by atoms with E-state index >= 15 is 0 Å². The van der Waals surface area contributed by atoms with Crippen molar-refractivity contribution in [1.82, 2.24) is 4.90 Å². The molecule has 0 bridgehead atoms.